The van der Waals surface area contributed by atoms with E-state index in [1.165, 1.54) is 25.7 Å². The third-order valence-corrected chi connectivity index (χ3v) is 4.38. The fraction of sp³-hybridized carbons (Fsp3) is 1.00. The van der Waals surface area contributed by atoms with Crippen molar-refractivity contribution in [3.63, 3.8) is 0 Å². The summed E-state index contributed by atoms with van der Waals surface area (Å²) in [5.41, 5.74) is 6.86. The summed E-state index contributed by atoms with van der Waals surface area (Å²) in [6, 6.07) is 0. The van der Waals surface area contributed by atoms with Gasteiger partial charge in [-0.25, -0.2) is 0 Å². The molecule has 0 aromatic carbocycles. The number of rotatable bonds is 4. The minimum atomic E-state index is 0.439. The Balaban J connectivity index is 2.10. The van der Waals surface area contributed by atoms with Gasteiger partial charge in [0, 0.05) is 5.41 Å². The van der Waals surface area contributed by atoms with Crippen LogP contribution in [0.25, 0.3) is 0 Å². The smallest absolute Gasteiger partial charge is 0.0550 e. The number of nitrogens with two attached hydrogens (primary N) is 1. The van der Waals surface area contributed by atoms with Gasteiger partial charge in [-0.15, -0.1) is 0 Å². The first-order chi connectivity index (χ1) is 6.64. The lowest BCUT2D eigenvalue weighted by atomic mass is 9.50. The Kier molecular flexibility index (Phi) is 2.61. The zero-order chi connectivity index (χ0) is 10.2. The van der Waals surface area contributed by atoms with E-state index < -0.39 is 0 Å². The van der Waals surface area contributed by atoms with Gasteiger partial charge in [0.15, 0.2) is 0 Å². The zero-order valence-corrected chi connectivity index (χ0v) is 9.51. The van der Waals surface area contributed by atoms with Crippen LogP contribution in [0.5, 0.6) is 0 Å². The highest BCUT2D eigenvalue weighted by Crippen LogP contribution is 2.59. The van der Waals surface area contributed by atoms with Crippen molar-refractivity contribution < 1.29 is 4.74 Å². The summed E-state index contributed by atoms with van der Waals surface area (Å²) in [6.07, 6.45) is 5.33. The van der Waals surface area contributed by atoms with E-state index in [-0.39, 0.29) is 0 Å². The first-order valence-corrected chi connectivity index (χ1v) is 5.92. The molecule has 0 unspecified atom stereocenters. The molecule has 2 fully saturated rings. The molecular formula is C12H23NO. The molecule has 1 saturated carbocycles. The van der Waals surface area contributed by atoms with Crippen LogP contribution in [0.3, 0.4) is 0 Å². The summed E-state index contributed by atoms with van der Waals surface area (Å²) in [4.78, 5) is 0. The molecule has 2 nitrogen and oxygen atoms in total. The predicted octanol–water partition coefficient (Wildman–Crippen LogP) is 2.18. The third kappa shape index (κ3) is 1.31. The van der Waals surface area contributed by atoms with Crippen molar-refractivity contribution in [2.45, 2.75) is 39.5 Å². The van der Waals surface area contributed by atoms with Crippen LogP contribution in [0.15, 0.2) is 0 Å². The van der Waals surface area contributed by atoms with Gasteiger partial charge in [0.05, 0.1) is 13.2 Å². The van der Waals surface area contributed by atoms with Gasteiger partial charge in [0.2, 0.25) is 0 Å². The molecule has 82 valence electrons. The third-order valence-electron chi connectivity index (χ3n) is 4.38. The van der Waals surface area contributed by atoms with E-state index in [1.54, 1.807) is 0 Å². The van der Waals surface area contributed by atoms with Crippen molar-refractivity contribution in [1.29, 1.82) is 0 Å². The van der Waals surface area contributed by atoms with Crippen molar-refractivity contribution in [3.05, 3.63) is 0 Å². The zero-order valence-electron chi connectivity index (χ0n) is 9.51. The van der Waals surface area contributed by atoms with Crippen molar-refractivity contribution in [1.82, 2.24) is 0 Å². The highest BCUT2D eigenvalue weighted by molar-refractivity contribution is 5.06. The van der Waals surface area contributed by atoms with Crippen LogP contribution in [0, 0.1) is 16.7 Å². The second-order valence-corrected chi connectivity index (χ2v) is 5.71. The molecule has 14 heavy (non-hydrogen) atoms. The molecule has 0 aromatic heterocycles. The maximum Gasteiger partial charge on any atom is 0.0550 e. The molecule has 0 bridgehead atoms. The summed E-state index contributed by atoms with van der Waals surface area (Å²) in [5.74, 6) is 0.767. The van der Waals surface area contributed by atoms with Gasteiger partial charge in [-0.2, -0.15) is 0 Å². The Morgan fingerprint density at radius 3 is 2.07 bits per heavy atom. The second kappa shape index (κ2) is 3.49. The van der Waals surface area contributed by atoms with Crippen LogP contribution >= 0.6 is 0 Å². The van der Waals surface area contributed by atoms with Crippen molar-refractivity contribution in [2.75, 3.05) is 19.8 Å². The lowest BCUT2D eigenvalue weighted by Gasteiger charge is -2.60. The van der Waals surface area contributed by atoms with E-state index >= 15 is 0 Å². The average molecular weight is 197 g/mol. The molecule has 0 amide bonds. The molecule has 1 heterocycles. The monoisotopic (exact) mass is 197 g/mol. The van der Waals surface area contributed by atoms with E-state index in [9.17, 15) is 0 Å². The minimum absolute atomic E-state index is 0.439. The topological polar surface area (TPSA) is 35.2 Å². The lowest BCUT2D eigenvalue weighted by molar-refractivity contribution is -0.215. The Hall–Kier alpha value is -0.0800. The van der Waals surface area contributed by atoms with Crippen LogP contribution in [0.1, 0.15) is 39.5 Å². The minimum Gasteiger partial charge on any atom is -0.380 e. The van der Waals surface area contributed by atoms with Crippen LogP contribution in [0.2, 0.25) is 0 Å². The number of hydrogen-bond acceptors (Lipinski definition) is 2. The number of hydrogen-bond donors (Lipinski definition) is 1. The predicted molar refractivity (Wildman–Crippen MR) is 58.0 cm³/mol. The summed E-state index contributed by atoms with van der Waals surface area (Å²) >= 11 is 0. The van der Waals surface area contributed by atoms with Gasteiger partial charge >= 0.3 is 0 Å². The fourth-order valence-corrected chi connectivity index (χ4v) is 3.32. The van der Waals surface area contributed by atoms with E-state index in [2.05, 4.69) is 13.8 Å². The summed E-state index contributed by atoms with van der Waals surface area (Å²) in [5, 5.41) is 0. The lowest BCUT2D eigenvalue weighted by Crippen LogP contribution is -2.61. The maximum absolute atomic E-state index is 5.98. The Morgan fingerprint density at radius 2 is 1.86 bits per heavy atom. The maximum atomic E-state index is 5.98. The van der Waals surface area contributed by atoms with E-state index in [0.29, 0.717) is 10.8 Å². The van der Waals surface area contributed by atoms with Crippen LogP contribution in [-0.2, 0) is 4.74 Å². The summed E-state index contributed by atoms with van der Waals surface area (Å²) < 4.78 is 5.47. The molecule has 1 saturated heterocycles. The molecule has 2 N–H and O–H groups in total. The summed E-state index contributed by atoms with van der Waals surface area (Å²) in [6.45, 7) is 7.40. The molecular weight excluding hydrogens is 174 g/mol. The highest BCUT2D eigenvalue weighted by atomic mass is 16.5. The molecule has 0 atom stereocenters. The molecule has 1 aliphatic carbocycles. The molecule has 0 spiro atoms. The molecule has 0 radical (unpaired) electrons. The van der Waals surface area contributed by atoms with Gasteiger partial charge in [-0.3, -0.25) is 0 Å². The second-order valence-electron chi connectivity index (χ2n) is 5.71. The quantitative estimate of drug-likeness (QED) is 0.749. The molecule has 1 aliphatic heterocycles. The normalized spacial score (nSPS) is 28.3. The fourth-order valence-electron chi connectivity index (χ4n) is 3.32. The van der Waals surface area contributed by atoms with Crippen LogP contribution in [0.4, 0.5) is 0 Å². The Bertz CT molecular complexity index is 199. The largest absolute Gasteiger partial charge is 0.380 e. The standard InChI is InChI=1S/C12H23NO/c1-10(2)6-12(8-14-9-12)11(7-13)4-3-5-11/h10H,3-9,13H2,1-2H3. The Morgan fingerprint density at radius 1 is 1.21 bits per heavy atom. The van der Waals surface area contributed by atoms with Gasteiger partial charge in [-0.1, -0.05) is 20.3 Å². The Labute approximate surface area is 87.2 Å². The van der Waals surface area contributed by atoms with Gasteiger partial charge in [0.25, 0.3) is 0 Å². The van der Waals surface area contributed by atoms with Crippen LogP contribution < -0.4 is 5.73 Å². The number of ether oxygens (including phenoxy) is 1. The highest BCUT2D eigenvalue weighted by Gasteiger charge is 2.57. The van der Waals surface area contributed by atoms with Crippen molar-refractivity contribution in [2.24, 2.45) is 22.5 Å². The summed E-state index contributed by atoms with van der Waals surface area (Å²) in [7, 11) is 0. The van der Waals surface area contributed by atoms with E-state index in [1.807, 2.05) is 0 Å². The SMILES string of the molecule is CC(C)CC1(C2(CN)CCC2)COC1. The molecule has 0 aromatic rings. The average Bonchev–Trinajstić information content (AvgIpc) is 1.97. The first kappa shape index (κ1) is 10.4. The van der Waals surface area contributed by atoms with Crippen LogP contribution in [-0.4, -0.2) is 19.8 Å². The first-order valence-electron chi connectivity index (χ1n) is 5.92. The molecule has 2 rings (SSSR count). The van der Waals surface area contributed by atoms with Gasteiger partial charge in [-0.05, 0) is 37.1 Å². The molecule has 2 aliphatic rings. The van der Waals surface area contributed by atoms with Crippen molar-refractivity contribution in [3.8, 4) is 0 Å². The van der Waals surface area contributed by atoms with Gasteiger partial charge in [0.1, 0.15) is 0 Å². The van der Waals surface area contributed by atoms with Gasteiger partial charge < -0.3 is 10.5 Å². The van der Waals surface area contributed by atoms with E-state index in [4.69, 9.17) is 10.5 Å². The van der Waals surface area contributed by atoms with Crippen molar-refractivity contribution >= 4 is 0 Å². The molecule has 2 heteroatoms. The van der Waals surface area contributed by atoms with E-state index in [0.717, 1.165) is 25.7 Å².